The Morgan fingerprint density at radius 2 is 1.07 bits per heavy atom. The molecule has 1 unspecified atom stereocenters. The van der Waals surface area contributed by atoms with Crippen LogP contribution in [-0.2, 0) is 0 Å². The molecule has 1 atom stereocenters. The number of aromatic nitrogens is 5. The lowest BCUT2D eigenvalue weighted by atomic mass is 9.94. The van der Waals surface area contributed by atoms with Gasteiger partial charge in [-0.2, -0.15) is 10.2 Å². The van der Waals surface area contributed by atoms with Gasteiger partial charge in [-0.05, 0) is 110 Å². The molecule has 0 saturated carbocycles. The van der Waals surface area contributed by atoms with Gasteiger partial charge in [0.15, 0.2) is 0 Å². The van der Waals surface area contributed by atoms with Crippen LogP contribution in [0.1, 0.15) is 34.3 Å². The van der Waals surface area contributed by atoms with Gasteiger partial charge >= 0.3 is 12.1 Å². The Bertz CT molecular complexity index is 3880. The molecule has 0 radical (unpaired) electrons. The van der Waals surface area contributed by atoms with E-state index in [1.807, 2.05) is 140 Å². The normalized spacial score (nSPS) is 13.3. The van der Waals surface area contributed by atoms with Gasteiger partial charge in [-0.25, -0.2) is 19.0 Å². The number of anilines is 2. The van der Waals surface area contributed by atoms with Gasteiger partial charge in [0, 0.05) is 23.2 Å². The fourth-order valence-electron chi connectivity index (χ4n) is 10.4. The van der Waals surface area contributed by atoms with Crippen molar-refractivity contribution >= 4 is 45.5 Å². The maximum atomic E-state index is 14.4. The summed E-state index contributed by atoms with van der Waals surface area (Å²) in [6, 6.07) is 64.6. The standard InChI is InChI=1S/C60H43N9O3/c1-72-40-32-28-37(29-33-40)52-34-53(62-59(70)63-55-45-19-8-5-16-42(45)43-17-6-9-20-46(43)55)68(66-52)39-30-26-36(27-31-39)41-23-13-24-49-54(41)44-18-7-10-21-47(44)56(49)64-60(71)65-58-50-35-61-51-25-12-11-22-48(51)57(50)67-69(58)38-14-3-2-4-15-38/h2-35,55-56H,1H3,(H2,62,63,70)(H2,64,65,71). The highest BCUT2D eigenvalue weighted by atomic mass is 16.5. The Labute approximate surface area is 413 Å². The van der Waals surface area contributed by atoms with Crippen molar-refractivity contribution in [3.8, 4) is 61.8 Å². The smallest absolute Gasteiger partial charge is 0.321 e. The highest BCUT2D eigenvalue weighted by Gasteiger charge is 2.33. The lowest BCUT2D eigenvalue weighted by Crippen LogP contribution is -2.33. The van der Waals surface area contributed by atoms with Crippen LogP contribution < -0.4 is 26.0 Å². The summed E-state index contributed by atoms with van der Waals surface area (Å²) in [6.45, 7) is 0. The number of methoxy groups -OCH3 is 1. The Balaban J connectivity index is 0.814. The van der Waals surface area contributed by atoms with Gasteiger partial charge in [0.25, 0.3) is 0 Å². The van der Waals surface area contributed by atoms with Crippen LogP contribution in [0.15, 0.2) is 206 Å². The highest BCUT2D eigenvalue weighted by Crippen LogP contribution is 2.48. The monoisotopic (exact) mass is 937 g/mol. The van der Waals surface area contributed by atoms with Crippen LogP contribution in [0.5, 0.6) is 5.75 Å². The Hall–Kier alpha value is -9.81. The van der Waals surface area contributed by atoms with Crippen molar-refractivity contribution in [1.82, 2.24) is 35.2 Å². The number of carbonyl (C=O) groups is 2. The maximum Gasteiger partial charge on any atom is 0.321 e. The van der Waals surface area contributed by atoms with E-state index in [9.17, 15) is 9.59 Å². The van der Waals surface area contributed by atoms with Crippen LogP contribution in [0, 0.1) is 0 Å². The van der Waals surface area contributed by atoms with Crippen LogP contribution in [-0.4, -0.2) is 43.7 Å². The molecule has 4 N–H and O–H groups in total. The van der Waals surface area contributed by atoms with Crippen LogP contribution >= 0.6 is 0 Å². The molecule has 0 fully saturated rings. The number of urea groups is 2. The number of nitrogens with one attached hydrogen (secondary N) is 4. The number of benzene rings is 8. The average molecular weight is 938 g/mol. The van der Waals surface area contributed by atoms with E-state index < -0.39 is 6.04 Å². The van der Waals surface area contributed by atoms with E-state index >= 15 is 0 Å². The van der Waals surface area contributed by atoms with Gasteiger partial charge < -0.3 is 15.4 Å². The molecule has 0 saturated heterocycles. The van der Waals surface area contributed by atoms with E-state index in [4.69, 9.17) is 19.9 Å². The van der Waals surface area contributed by atoms with Gasteiger partial charge in [0.1, 0.15) is 22.9 Å². The van der Waals surface area contributed by atoms with Gasteiger partial charge in [0.2, 0.25) is 0 Å². The van der Waals surface area contributed by atoms with E-state index in [1.165, 1.54) is 0 Å². The molecule has 11 aromatic rings. The van der Waals surface area contributed by atoms with E-state index in [0.29, 0.717) is 17.3 Å². The number of fused-ring (bicyclic) bond motifs is 9. The number of para-hydroxylation sites is 2. The first-order valence-electron chi connectivity index (χ1n) is 23.7. The molecule has 0 bridgehead atoms. The fraction of sp³-hybridized carbons (Fsp3) is 0.0500. The number of hydrogen-bond acceptors (Lipinski definition) is 6. The van der Waals surface area contributed by atoms with Crippen LogP contribution in [0.4, 0.5) is 21.2 Å². The summed E-state index contributed by atoms with van der Waals surface area (Å²) in [4.78, 5) is 33.2. The van der Waals surface area contributed by atoms with Crippen molar-refractivity contribution in [2.75, 3.05) is 17.7 Å². The van der Waals surface area contributed by atoms with E-state index in [2.05, 4.69) is 81.9 Å². The van der Waals surface area contributed by atoms with Crippen molar-refractivity contribution < 1.29 is 14.3 Å². The first-order valence-corrected chi connectivity index (χ1v) is 23.7. The minimum atomic E-state index is -0.444. The quantitative estimate of drug-likeness (QED) is 0.114. The zero-order chi connectivity index (χ0) is 48.3. The largest absolute Gasteiger partial charge is 0.497 e. The highest BCUT2D eigenvalue weighted by molar-refractivity contribution is 6.10. The number of nitrogens with zero attached hydrogens (tertiary/aromatic N) is 5. The summed E-state index contributed by atoms with van der Waals surface area (Å²) in [5.74, 6) is 1.75. The number of pyridine rings is 1. The lowest BCUT2D eigenvalue weighted by molar-refractivity contribution is 0.249. The van der Waals surface area contributed by atoms with Crippen molar-refractivity contribution in [3.63, 3.8) is 0 Å². The molecule has 2 aliphatic rings. The van der Waals surface area contributed by atoms with Crippen LogP contribution in [0.3, 0.4) is 0 Å². The molecule has 72 heavy (non-hydrogen) atoms. The second-order valence-corrected chi connectivity index (χ2v) is 17.8. The molecule has 8 aromatic carbocycles. The number of amides is 4. The first kappa shape index (κ1) is 42.3. The molecule has 4 amide bonds. The molecular formula is C60H43N9O3. The summed E-state index contributed by atoms with van der Waals surface area (Å²) >= 11 is 0. The summed E-state index contributed by atoms with van der Waals surface area (Å²) < 4.78 is 8.95. The van der Waals surface area contributed by atoms with Crippen LogP contribution in [0.25, 0.3) is 77.8 Å². The Morgan fingerprint density at radius 1 is 0.500 bits per heavy atom. The van der Waals surface area contributed by atoms with Gasteiger partial charge in [-0.15, -0.1) is 0 Å². The minimum Gasteiger partial charge on any atom is -0.497 e. The van der Waals surface area contributed by atoms with E-state index in [0.717, 1.165) is 100 Å². The summed E-state index contributed by atoms with van der Waals surface area (Å²) in [6.07, 6.45) is 1.77. The SMILES string of the molecule is COc1ccc(-c2cc(NC(=O)NC3c4ccccc4-c4ccccc43)n(-c3ccc(-c4cccc5c4-c4ccccc4C5NC(=O)Nc4c5cnc6ccccc6c5nn4-c4ccccc4)cc3)n2)cc1. The van der Waals surface area contributed by atoms with E-state index in [1.54, 1.807) is 22.7 Å². The predicted molar refractivity (Wildman–Crippen MR) is 283 cm³/mol. The third kappa shape index (κ3) is 7.20. The molecular weight excluding hydrogens is 895 g/mol. The molecule has 12 heteroatoms. The zero-order valence-corrected chi connectivity index (χ0v) is 38.7. The van der Waals surface area contributed by atoms with Crippen molar-refractivity contribution in [1.29, 1.82) is 0 Å². The summed E-state index contributed by atoms with van der Waals surface area (Å²) in [7, 11) is 1.64. The second kappa shape index (κ2) is 17.3. The third-order valence-electron chi connectivity index (χ3n) is 13.7. The molecule has 3 heterocycles. The van der Waals surface area contributed by atoms with E-state index in [-0.39, 0.29) is 18.1 Å². The van der Waals surface area contributed by atoms with Crippen molar-refractivity contribution in [3.05, 3.63) is 229 Å². The molecule has 346 valence electrons. The maximum absolute atomic E-state index is 14.4. The number of ether oxygens (including phenoxy) is 1. The molecule has 0 aliphatic heterocycles. The van der Waals surface area contributed by atoms with Gasteiger partial charge in [-0.3, -0.25) is 15.6 Å². The van der Waals surface area contributed by atoms with Crippen molar-refractivity contribution in [2.45, 2.75) is 12.1 Å². The number of carbonyl (C=O) groups excluding carboxylic acids is 2. The molecule has 3 aromatic heterocycles. The first-order chi connectivity index (χ1) is 35.5. The minimum absolute atomic E-state index is 0.320. The Kier molecular flexibility index (Phi) is 10.2. The average Bonchev–Trinajstić information content (AvgIpc) is 4.19. The molecule has 13 rings (SSSR count). The molecule has 0 spiro atoms. The van der Waals surface area contributed by atoms with Gasteiger partial charge in [-0.1, -0.05) is 140 Å². The lowest BCUT2D eigenvalue weighted by Gasteiger charge is -2.18. The number of rotatable bonds is 9. The summed E-state index contributed by atoms with van der Waals surface area (Å²) in [5, 5.41) is 24.6. The predicted octanol–water partition coefficient (Wildman–Crippen LogP) is 12.9. The topological polar surface area (TPSA) is 140 Å². The fourth-order valence-corrected chi connectivity index (χ4v) is 10.4. The zero-order valence-electron chi connectivity index (χ0n) is 38.7. The van der Waals surface area contributed by atoms with Crippen LogP contribution in [0.2, 0.25) is 0 Å². The third-order valence-corrected chi connectivity index (χ3v) is 13.7. The molecule has 12 nitrogen and oxygen atoms in total. The number of hydrogen-bond donors (Lipinski definition) is 4. The van der Waals surface area contributed by atoms with Gasteiger partial charge in [0.05, 0.1) is 47.2 Å². The Morgan fingerprint density at radius 3 is 1.79 bits per heavy atom. The summed E-state index contributed by atoms with van der Waals surface area (Å²) in [5.41, 5.74) is 15.0. The van der Waals surface area contributed by atoms with Crippen molar-refractivity contribution in [2.24, 2.45) is 0 Å². The second-order valence-electron chi connectivity index (χ2n) is 17.8. The molecule has 2 aliphatic carbocycles.